The molecule has 0 unspecified atom stereocenters. The Balaban J connectivity index is 1.52. The summed E-state index contributed by atoms with van der Waals surface area (Å²) in [6.45, 7) is 0. The topological polar surface area (TPSA) is 90.4 Å². The Morgan fingerprint density at radius 2 is 2.07 bits per heavy atom. The van der Waals surface area contributed by atoms with Gasteiger partial charge >= 0.3 is 0 Å². The lowest BCUT2D eigenvalue weighted by atomic mass is 10.1. The molecule has 2 heterocycles. The quantitative estimate of drug-likeness (QED) is 0.730. The van der Waals surface area contributed by atoms with Crippen molar-refractivity contribution in [3.63, 3.8) is 0 Å². The fourth-order valence-corrected chi connectivity index (χ4v) is 3.08. The summed E-state index contributed by atoms with van der Waals surface area (Å²) in [4.78, 5) is 31.5. The lowest BCUT2D eigenvalue weighted by Gasteiger charge is -2.18. The second-order valence-electron chi connectivity index (χ2n) is 6.60. The van der Waals surface area contributed by atoms with Gasteiger partial charge in [-0.05, 0) is 29.8 Å². The van der Waals surface area contributed by atoms with E-state index < -0.39 is 0 Å². The number of amides is 2. The van der Waals surface area contributed by atoms with Crippen molar-refractivity contribution in [1.29, 1.82) is 0 Å². The molecule has 1 aromatic heterocycles. The Bertz CT molecular complexity index is 1100. The Kier molecular flexibility index (Phi) is 4.60. The maximum absolute atomic E-state index is 13.8. The molecule has 8 heteroatoms. The number of imidazole rings is 1. The highest BCUT2D eigenvalue weighted by atomic mass is 19.1. The van der Waals surface area contributed by atoms with Gasteiger partial charge in [-0.1, -0.05) is 18.2 Å². The number of aromatic nitrogens is 2. The van der Waals surface area contributed by atoms with Gasteiger partial charge in [-0.15, -0.1) is 0 Å². The van der Waals surface area contributed by atoms with Gasteiger partial charge in [0, 0.05) is 32.0 Å². The van der Waals surface area contributed by atoms with Gasteiger partial charge in [0.1, 0.15) is 17.4 Å². The van der Waals surface area contributed by atoms with E-state index in [0.717, 1.165) is 11.0 Å². The average molecular weight is 379 g/mol. The average Bonchev–Trinajstić information content (AvgIpc) is 3.07. The Hall–Kier alpha value is -3.55. The van der Waals surface area contributed by atoms with E-state index in [1.165, 1.54) is 18.1 Å². The molecule has 1 aliphatic rings. The van der Waals surface area contributed by atoms with Gasteiger partial charge in [-0.2, -0.15) is 5.10 Å². The minimum atomic E-state index is -0.343. The van der Waals surface area contributed by atoms with Gasteiger partial charge in [0.2, 0.25) is 5.91 Å². The number of carbonyl (C=O) groups is 2. The highest BCUT2D eigenvalue weighted by molar-refractivity contribution is 6.43. The van der Waals surface area contributed by atoms with Crippen LogP contribution in [0.4, 0.5) is 10.1 Å². The predicted molar refractivity (Wildman–Crippen MR) is 103 cm³/mol. The number of hydrogen-bond acceptors (Lipinski definition) is 4. The zero-order valence-corrected chi connectivity index (χ0v) is 15.2. The van der Waals surface area contributed by atoms with Crippen LogP contribution in [0.3, 0.4) is 0 Å². The van der Waals surface area contributed by atoms with Crippen molar-refractivity contribution in [3.8, 4) is 0 Å². The van der Waals surface area contributed by atoms with Crippen LogP contribution in [0.1, 0.15) is 24.2 Å². The van der Waals surface area contributed by atoms with E-state index in [-0.39, 0.29) is 24.1 Å². The number of nitrogens with zero attached hydrogens (tertiary/aromatic N) is 3. The van der Waals surface area contributed by atoms with Crippen molar-refractivity contribution in [2.24, 2.45) is 5.10 Å². The van der Waals surface area contributed by atoms with Crippen molar-refractivity contribution in [2.45, 2.75) is 19.3 Å². The van der Waals surface area contributed by atoms with Crippen molar-refractivity contribution < 1.29 is 14.0 Å². The minimum absolute atomic E-state index is 0.113. The van der Waals surface area contributed by atoms with E-state index in [0.29, 0.717) is 35.6 Å². The molecule has 142 valence electrons. The first kappa shape index (κ1) is 17.8. The Morgan fingerprint density at radius 3 is 2.86 bits per heavy atom. The molecule has 2 amide bonds. The number of hydrazone groups is 1. The van der Waals surface area contributed by atoms with Crippen LogP contribution < -0.4 is 5.32 Å². The fourth-order valence-electron chi connectivity index (χ4n) is 3.08. The van der Waals surface area contributed by atoms with E-state index in [2.05, 4.69) is 20.4 Å². The third kappa shape index (κ3) is 3.62. The molecule has 0 spiro atoms. The highest BCUT2D eigenvalue weighted by Crippen LogP contribution is 2.20. The zero-order valence-electron chi connectivity index (χ0n) is 15.2. The van der Waals surface area contributed by atoms with E-state index in [4.69, 9.17) is 0 Å². The van der Waals surface area contributed by atoms with E-state index in [9.17, 15) is 14.0 Å². The zero-order chi connectivity index (χ0) is 19.7. The van der Waals surface area contributed by atoms with Gasteiger partial charge < -0.3 is 10.3 Å². The maximum Gasteiger partial charge on any atom is 0.271 e. The molecule has 0 bridgehead atoms. The van der Waals surface area contributed by atoms with Gasteiger partial charge in [0.05, 0.1) is 11.0 Å². The molecule has 2 aromatic carbocycles. The van der Waals surface area contributed by atoms with E-state index >= 15 is 0 Å². The van der Waals surface area contributed by atoms with Crippen LogP contribution in [0.2, 0.25) is 0 Å². The van der Waals surface area contributed by atoms with Gasteiger partial charge in [-0.25, -0.2) is 14.4 Å². The normalized spacial score (nSPS) is 14.3. The van der Waals surface area contributed by atoms with Crippen LogP contribution in [-0.2, 0) is 16.0 Å². The molecule has 0 saturated carbocycles. The number of nitrogens with one attached hydrogen (secondary N) is 2. The molecule has 1 aliphatic heterocycles. The van der Waals surface area contributed by atoms with E-state index in [1.807, 2.05) is 0 Å². The monoisotopic (exact) mass is 379 g/mol. The molecule has 0 radical (unpaired) electrons. The molecule has 0 saturated heterocycles. The number of rotatable bonds is 4. The summed E-state index contributed by atoms with van der Waals surface area (Å²) in [6.07, 6.45) is 0.927. The Labute approximate surface area is 160 Å². The fraction of sp³-hybridized carbons (Fsp3) is 0.200. The van der Waals surface area contributed by atoms with Crippen LogP contribution in [0.15, 0.2) is 47.6 Å². The number of fused-ring (bicyclic) bond motifs is 1. The number of halogens is 1. The molecule has 0 atom stereocenters. The summed E-state index contributed by atoms with van der Waals surface area (Å²) in [7, 11) is 1.53. The smallest absolute Gasteiger partial charge is 0.271 e. The lowest BCUT2D eigenvalue weighted by molar-refractivity contribution is -0.130. The maximum atomic E-state index is 13.8. The first-order valence-corrected chi connectivity index (χ1v) is 8.87. The second-order valence-corrected chi connectivity index (χ2v) is 6.60. The number of H-pyrrole nitrogens is 1. The number of carbonyl (C=O) groups excluding carboxylic acids is 2. The molecule has 4 rings (SSSR count). The largest absolute Gasteiger partial charge is 0.342 e. The standard InChI is InChI=1S/C20H18FN5O2/c1-26-19(27)9-8-16(25-26)20(28)22-13-6-7-15-17(11-13)24-18(23-15)10-12-4-2-3-5-14(12)21/h2-7,11H,8-10H2,1H3,(H,22,28)(H,23,24). The van der Waals surface area contributed by atoms with E-state index in [1.54, 1.807) is 36.4 Å². The molecule has 28 heavy (non-hydrogen) atoms. The third-order valence-electron chi connectivity index (χ3n) is 4.57. The molecule has 0 aliphatic carbocycles. The molecule has 2 N–H and O–H groups in total. The van der Waals surface area contributed by atoms with Gasteiger partial charge in [0.15, 0.2) is 0 Å². The van der Waals surface area contributed by atoms with Gasteiger partial charge in [-0.3, -0.25) is 9.59 Å². The minimum Gasteiger partial charge on any atom is -0.342 e. The predicted octanol–water partition coefficient (Wildman–Crippen LogP) is 2.84. The summed E-state index contributed by atoms with van der Waals surface area (Å²) >= 11 is 0. The summed E-state index contributed by atoms with van der Waals surface area (Å²) in [5.74, 6) is -0.0874. The summed E-state index contributed by atoms with van der Waals surface area (Å²) in [6, 6.07) is 11.9. The molecular formula is C20H18FN5O2. The van der Waals surface area contributed by atoms with Crippen molar-refractivity contribution in [3.05, 3.63) is 59.7 Å². The van der Waals surface area contributed by atoms with Crippen LogP contribution in [0, 0.1) is 5.82 Å². The number of benzene rings is 2. The number of hydrogen-bond donors (Lipinski definition) is 2. The van der Waals surface area contributed by atoms with Crippen LogP contribution >= 0.6 is 0 Å². The SMILES string of the molecule is CN1N=C(C(=O)Nc2ccc3nc(Cc4ccccc4F)[nH]c3c2)CCC1=O. The third-order valence-corrected chi connectivity index (χ3v) is 4.57. The molecule has 7 nitrogen and oxygen atoms in total. The number of aromatic amines is 1. The highest BCUT2D eigenvalue weighted by Gasteiger charge is 2.22. The van der Waals surface area contributed by atoms with Crippen LogP contribution in [0.25, 0.3) is 11.0 Å². The summed E-state index contributed by atoms with van der Waals surface area (Å²) < 4.78 is 13.8. The summed E-state index contributed by atoms with van der Waals surface area (Å²) in [5, 5.41) is 7.99. The molecule has 0 fully saturated rings. The lowest BCUT2D eigenvalue weighted by Crippen LogP contribution is -2.34. The first-order valence-electron chi connectivity index (χ1n) is 8.87. The molecular weight excluding hydrogens is 361 g/mol. The Morgan fingerprint density at radius 1 is 1.25 bits per heavy atom. The van der Waals surface area contributed by atoms with Crippen molar-refractivity contribution >= 4 is 34.2 Å². The second kappa shape index (κ2) is 7.22. The van der Waals surface area contributed by atoms with Crippen molar-refractivity contribution in [1.82, 2.24) is 15.0 Å². The van der Waals surface area contributed by atoms with Gasteiger partial charge in [0.25, 0.3) is 5.91 Å². The van der Waals surface area contributed by atoms with Crippen LogP contribution in [0.5, 0.6) is 0 Å². The molecule has 3 aromatic rings. The summed E-state index contributed by atoms with van der Waals surface area (Å²) in [5.41, 5.74) is 2.92. The van der Waals surface area contributed by atoms with Crippen molar-refractivity contribution in [2.75, 3.05) is 12.4 Å². The first-order chi connectivity index (χ1) is 13.5. The number of anilines is 1. The van der Waals surface area contributed by atoms with Crippen LogP contribution in [-0.4, -0.2) is 39.6 Å².